The van der Waals surface area contributed by atoms with Gasteiger partial charge in [0, 0.05) is 44.0 Å². The average molecular weight is 521 g/mol. The van der Waals surface area contributed by atoms with Gasteiger partial charge in [-0.2, -0.15) is 0 Å². The molecule has 0 bridgehead atoms. The number of carbonyl (C=O) groups is 1. The van der Waals surface area contributed by atoms with Crippen LogP contribution in [-0.4, -0.2) is 37.5 Å². The van der Waals surface area contributed by atoms with E-state index >= 15 is 0 Å². The van der Waals surface area contributed by atoms with Crippen LogP contribution in [0.2, 0.25) is 0 Å². The number of nitrogens with zero attached hydrogens (tertiary/aromatic N) is 2. The van der Waals surface area contributed by atoms with Gasteiger partial charge in [0.1, 0.15) is 0 Å². The molecule has 30 heavy (non-hydrogen) atoms. The van der Waals surface area contributed by atoms with E-state index in [-0.39, 0.29) is 29.9 Å². The van der Waals surface area contributed by atoms with E-state index in [1.165, 1.54) is 18.2 Å². The van der Waals surface area contributed by atoms with Crippen molar-refractivity contribution in [3.8, 4) is 0 Å². The lowest BCUT2D eigenvalue weighted by Crippen LogP contribution is -2.44. The normalized spacial score (nSPS) is 16.0. The summed E-state index contributed by atoms with van der Waals surface area (Å²) in [4.78, 5) is 18.4. The molecule has 0 saturated carbocycles. The first-order chi connectivity index (χ1) is 14.0. The standard InChI is InChI=1S/C23H31N5O.HI/c1-4-24-23(25-15-19-6-5-7-20(14-19)26-18(3)29)27-21-12-13-28(16-21)22-10-8-17(2)9-11-22;/h5-11,14,21H,4,12-13,15-16H2,1-3H3,(H,26,29)(H2,24,25,27);1H. The fourth-order valence-electron chi connectivity index (χ4n) is 3.50. The third-order valence-electron chi connectivity index (χ3n) is 4.94. The molecule has 2 aromatic carbocycles. The van der Waals surface area contributed by atoms with E-state index in [1.807, 2.05) is 24.3 Å². The maximum atomic E-state index is 11.3. The summed E-state index contributed by atoms with van der Waals surface area (Å²) in [5.74, 6) is 0.758. The van der Waals surface area contributed by atoms with E-state index in [1.54, 1.807) is 0 Å². The number of hydrogen-bond donors (Lipinski definition) is 3. The van der Waals surface area contributed by atoms with E-state index < -0.39 is 0 Å². The quantitative estimate of drug-likeness (QED) is 0.307. The van der Waals surface area contributed by atoms with Crippen molar-refractivity contribution >= 4 is 47.2 Å². The van der Waals surface area contributed by atoms with Gasteiger partial charge < -0.3 is 20.9 Å². The van der Waals surface area contributed by atoms with Gasteiger partial charge in [0.15, 0.2) is 5.96 Å². The molecular formula is C23H32IN5O. The molecule has 1 amide bonds. The number of rotatable bonds is 6. The summed E-state index contributed by atoms with van der Waals surface area (Å²) in [6, 6.07) is 16.9. The number of guanidine groups is 1. The number of nitrogens with one attached hydrogen (secondary N) is 3. The molecular weight excluding hydrogens is 489 g/mol. The molecule has 0 spiro atoms. The fraction of sp³-hybridized carbons (Fsp3) is 0.391. The van der Waals surface area contributed by atoms with Gasteiger partial charge in [-0.1, -0.05) is 29.8 Å². The molecule has 3 rings (SSSR count). The van der Waals surface area contributed by atoms with Gasteiger partial charge in [0.05, 0.1) is 6.54 Å². The second-order valence-electron chi connectivity index (χ2n) is 7.49. The van der Waals surface area contributed by atoms with Crippen LogP contribution in [0.15, 0.2) is 53.5 Å². The Hall–Kier alpha value is -2.29. The minimum absolute atomic E-state index is 0. The number of hydrogen-bond acceptors (Lipinski definition) is 3. The third-order valence-corrected chi connectivity index (χ3v) is 4.94. The van der Waals surface area contributed by atoms with Crippen molar-refractivity contribution in [1.29, 1.82) is 0 Å². The van der Waals surface area contributed by atoms with Crippen LogP contribution in [0.3, 0.4) is 0 Å². The molecule has 162 valence electrons. The summed E-state index contributed by atoms with van der Waals surface area (Å²) in [6.45, 7) is 9.07. The zero-order chi connectivity index (χ0) is 20.6. The minimum atomic E-state index is -0.0694. The third kappa shape index (κ3) is 7.19. The first-order valence-electron chi connectivity index (χ1n) is 10.3. The van der Waals surface area contributed by atoms with Gasteiger partial charge >= 0.3 is 0 Å². The molecule has 3 N–H and O–H groups in total. The molecule has 1 aliphatic rings. The zero-order valence-electron chi connectivity index (χ0n) is 17.9. The lowest BCUT2D eigenvalue weighted by molar-refractivity contribution is -0.114. The predicted octanol–water partition coefficient (Wildman–Crippen LogP) is 3.91. The molecule has 0 radical (unpaired) electrons. The summed E-state index contributed by atoms with van der Waals surface area (Å²) in [6.07, 6.45) is 1.08. The number of benzene rings is 2. The summed E-state index contributed by atoms with van der Waals surface area (Å²) in [5, 5.41) is 9.73. The highest BCUT2D eigenvalue weighted by Gasteiger charge is 2.23. The number of aliphatic imine (C=N–C) groups is 1. The molecule has 1 fully saturated rings. The summed E-state index contributed by atoms with van der Waals surface area (Å²) >= 11 is 0. The van der Waals surface area contributed by atoms with Gasteiger partial charge in [-0.25, -0.2) is 4.99 Å². The Balaban J connectivity index is 0.00000320. The van der Waals surface area contributed by atoms with Crippen molar-refractivity contribution in [1.82, 2.24) is 10.6 Å². The van der Waals surface area contributed by atoms with Crippen LogP contribution in [0.1, 0.15) is 31.4 Å². The van der Waals surface area contributed by atoms with Gasteiger partial charge in [0.2, 0.25) is 5.91 Å². The average Bonchev–Trinajstić information content (AvgIpc) is 3.15. The van der Waals surface area contributed by atoms with Crippen LogP contribution < -0.4 is 20.9 Å². The van der Waals surface area contributed by atoms with Crippen LogP contribution in [0, 0.1) is 6.92 Å². The van der Waals surface area contributed by atoms with Crippen molar-refractivity contribution < 1.29 is 4.79 Å². The molecule has 1 unspecified atom stereocenters. The van der Waals surface area contributed by atoms with E-state index in [2.05, 4.69) is 59.0 Å². The van der Waals surface area contributed by atoms with E-state index in [4.69, 9.17) is 4.99 Å². The maximum absolute atomic E-state index is 11.3. The largest absolute Gasteiger partial charge is 0.369 e. The van der Waals surface area contributed by atoms with E-state index in [9.17, 15) is 4.79 Å². The number of anilines is 2. The highest BCUT2D eigenvalue weighted by molar-refractivity contribution is 14.0. The highest BCUT2D eigenvalue weighted by atomic mass is 127. The van der Waals surface area contributed by atoms with E-state index in [0.29, 0.717) is 12.6 Å². The van der Waals surface area contributed by atoms with Crippen LogP contribution >= 0.6 is 24.0 Å². The maximum Gasteiger partial charge on any atom is 0.221 e. The van der Waals surface area contributed by atoms with Crippen LogP contribution in [0.25, 0.3) is 0 Å². The monoisotopic (exact) mass is 521 g/mol. The molecule has 6 nitrogen and oxygen atoms in total. The van der Waals surface area contributed by atoms with Crippen molar-refractivity contribution in [3.63, 3.8) is 0 Å². The Morgan fingerprint density at radius 1 is 1.20 bits per heavy atom. The second-order valence-corrected chi connectivity index (χ2v) is 7.49. The van der Waals surface area contributed by atoms with Gasteiger partial charge in [-0.15, -0.1) is 24.0 Å². The summed E-state index contributed by atoms with van der Waals surface area (Å²) < 4.78 is 0. The Labute approximate surface area is 196 Å². The minimum Gasteiger partial charge on any atom is -0.369 e. The molecule has 0 aromatic heterocycles. The van der Waals surface area contributed by atoms with Gasteiger partial charge in [-0.05, 0) is 50.1 Å². The van der Waals surface area contributed by atoms with Crippen molar-refractivity contribution in [2.24, 2.45) is 4.99 Å². The van der Waals surface area contributed by atoms with Crippen molar-refractivity contribution in [2.75, 3.05) is 29.9 Å². The van der Waals surface area contributed by atoms with Crippen LogP contribution in [0.4, 0.5) is 11.4 Å². The number of aryl methyl sites for hydroxylation is 1. The topological polar surface area (TPSA) is 68.8 Å². The van der Waals surface area contributed by atoms with Gasteiger partial charge in [-0.3, -0.25) is 4.79 Å². The summed E-state index contributed by atoms with van der Waals surface area (Å²) in [7, 11) is 0. The molecule has 2 aromatic rings. The predicted molar refractivity (Wildman–Crippen MR) is 136 cm³/mol. The number of amides is 1. The first-order valence-corrected chi connectivity index (χ1v) is 10.3. The summed E-state index contributed by atoms with van der Waals surface area (Å²) in [5.41, 5.74) is 4.41. The van der Waals surface area contributed by atoms with Crippen molar-refractivity contribution in [2.45, 2.75) is 39.8 Å². The zero-order valence-corrected chi connectivity index (χ0v) is 20.3. The number of halogens is 1. The lowest BCUT2D eigenvalue weighted by Gasteiger charge is -2.20. The molecule has 0 aliphatic carbocycles. The first kappa shape index (κ1) is 24.0. The smallest absolute Gasteiger partial charge is 0.221 e. The van der Waals surface area contributed by atoms with Crippen molar-refractivity contribution in [3.05, 3.63) is 59.7 Å². The molecule has 1 aliphatic heterocycles. The fourth-order valence-corrected chi connectivity index (χ4v) is 3.50. The Bertz CT molecular complexity index is 853. The van der Waals surface area contributed by atoms with Gasteiger partial charge in [0.25, 0.3) is 0 Å². The molecule has 1 heterocycles. The van der Waals surface area contributed by atoms with Crippen LogP contribution in [-0.2, 0) is 11.3 Å². The van der Waals surface area contributed by atoms with Crippen LogP contribution in [0.5, 0.6) is 0 Å². The highest BCUT2D eigenvalue weighted by Crippen LogP contribution is 2.20. The SMILES string of the molecule is CCNC(=NCc1cccc(NC(C)=O)c1)NC1CCN(c2ccc(C)cc2)C1.I. The Morgan fingerprint density at radius 2 is 1.97 bits per heavy atom. The molecule has 7 heteroatoms. The molecule has 1 saturated heterocycles. The van der Waals surface area contributed by atoms with E-state index in [0.717, 1.165) is 43.3 Å². The molecule has 1 atom stereocenters. The lowest BCUT2D eigenvalue weighted by atomic mass is 10.2. The number of carbonyl (C=O) groups excluding carboxylic acids is 1. The second kappa shape index (κ2) is 11.8. The Morgan fingerprint density at radius 3 is 2.67 bits per heavy atom. The Kier molecular flexibility index (Phi) is 9.42.